The quantitative estimate of drug-likeness (QED) is 0.831. The molecule has 2 amide bonds. The monoisotopic (exact) mass is 331 g/mol. The number of nitrogens with two attached hydrogens (primary N) is 1. The molecule has 1 aromatic carbocycles. The average Bonchev–Trinajstić information content (AvgIpc) is 2.93. The van der Waals surface area contributed by atoms with Gasteiger partial charge in [-0.05, 0) is 37.2 Å². The van der Waals surface area contributed by atoms with Crippen LogP contribution in [0.3, 0.4) is 0 Å². The van der Waals surface area contributed by atoms with Crippen LogP contribution in [0, 0.1) is 11.8 Å². The number of carbonyl (C=O) groups is 2. The molecule has 0 aliphatic carbocycles. The standard InChI is InChI=1S/C19H29N3O2/c1-13(2)18(20)19(24)21-12-17(23)22-10-9-16(14(22)3)11-15-7-5-4-6-8-15/h4-8,13-14,16,18H,9-12,20H2,1-3H3,(H,21,24)/t14?,16?,18-/m0/s1. The molecule has 5 heteroatoms. The van der Waals surface area contributed by atoms with E-state index in [9.17, 15) is 9.59 Å². The van der Waals surface area contributed by atoms with E-state index in [4.69, 9.17) is 5.73 Å². The maximum Gasteiger partial charge on any atom is 0.242 e. The molecular formula is C19H29N3O2. The molecule has 0 bridgehead atoms. The number of likely N-dealkylation sites (tertiary alicyclic amines) is 1. The number of nitrogens with zero attached hydrogens (tertiary/aromatic N) is 1. The van der Waals surface area contributed by atoms with Crippen LogP contribution in [-0.4, -0.2) is 41.9 Å². The first-order valence-electron chi connectivity index (χ1n) is 8.76. The van der Waals surface area contributed by atoms with Crippen molar-refractivity contribution in [3.63, 3.8) is 0 Å². The van der Waals surface area contributed by atoms with Gasteiger partial charge in [-0.1, -0.05) is 44.2 Å². The van der Waals surface area contributed by atoms with Crippen molar-refractivity contribution in [1.29, 1.82) is 0 Å². The zero-order chi connectivity index (χ0) is 17.7. The summed E-state index contributed by atoms with van der Waals surface area (Å²) in [5.41, 5.74) is 7.10. The molecule has 0 spiro atoms. The zero-order valence-electron chi connectivity index (χ0n) is 14.9. The predicted molar refractivity (Wildman–Crippen MR) is 95.3 cm³/mol. The highest BCUT2D eigenvalue weighted by molar-refractivity contribution is 5.87. The molecule has 2 unspecified atom stereocenters. The van der Waals surface area contributed by atoms with Crippen molar-refractivity contribution >= 4 is 11.8 Å². The van der Waals surface area contributed by atoms with E-state index in [-0.39, 0.29) is 30.3 Å². The van der Waals surface area contributed by atoms with Gasteiger partial charge in [0.1, 0.15) is 0 Å². The van der Waals surface area contributed by atoms with Crippen LogP contribution in [0.4, 0.5) is 0 Å². The van der Waals surface area contributed by atoms with E-state index >= 15 is 0 Å². The van der Waals surface area contributed by atoms with E-state index in [1.165, 1.54) is 5.56 Å². The van der Waals surface area contributed by atoms with Gasteiger partial charge in [0.2, 0.25) is 11.8 Å². The van der Waals surface area contributed by atoms with Crippen LogP contribution < -0.4 is 11.1 Å². The number of nitrogens with one attached hydrogen (secondary N) is 1. The Bertz CT molecular complexity index is 559. The molecule has 0 saturated carbocycles. The largest absolute Gasteiger partial charge is 0.346 e. The lowest BCUT2D eigenvalue weighted by Gasteiger charge is -2.25. The lowest BCUT2D eigenvalue weighted by Crippen LogP contribution is -2.48. The summed E-state index contributed by atoms with van der Waals surface area (Å²) >= 11 is 0. The summed E-state index contributed by atoms with van der Waals surface area (Å²) in [6.07, 6.45) is 1.98. The molecule has 1 heterocycles. The second-order valence-electron chi connectivity index (χ2n) is 7.05. The highest BCUT2D eigenvalue weighted by Gasteiger charge is 2.33. The van der Waals surface area contributed by atoms with Crippen molar-refractivity contribution in [2.24, 2.45) is 17.6 Å². The van der Waals surface area contributed by atoms with Crippen LogP contribution in [0.15, 0.2) is 30.3 Å². The summed E-state index contributed by atoms with van der Waals surface area (Å²) in [6, 6.07) is 9.99. The van der Waals surface area contributed by atoms with Crippen LogP contribution in [0.1, 0.15) is 32.8 Å². The Morgan fingerprint density at radius 1 is 1.29 bits per heavy atom. The fourth-order valence-corrected chi connectivity index (χ4v) is 3.23. The molecule has 2 rings (SSSR count). The molecule has 1 aromatic rings. The summed E-state index contributed by atoms with van der Waals surface area (Å²) in [4.78, 5) is 26.2. The molecule has 132 valence electrons. The lowest BCUT2D eigenvalue weighted by atomic mass is 9.93. The predicted octanol–water partition coefficient (Wildman–Crippen LogP) is 1.57. The van der Waals surface area contributed by atoms with Crippen LogP contribution in [-0.2, 0) is 16.0 Å². The average molecular weight is 331 g/mol. The van der Waals surface area contributed by atoms with Crippen molar-refractivity contribution in [2.75, 3.05) is 13.1 Å². The minimum Gasteiger partial charge on any atom is -0.346 e. The number of carbonyl (C=O) groups excluding carboxylic acids is 2. The number of benzene rings is 1. The Hall–Kier alpha value is -1.88. The first-order chi connectivity index (χ1) is 11.4. The highest BCUT2D eigenvalue weighted by Crippen LogP contribution is 2.27. The summed E-state index contributed by atoms with van der Waals surface area (Å²) in [5.74, 6) is 0.236. The topological polar surface area (TPSA) is 75.4 Å². The van der Waals surface area contributed by atoms with Crippen molar-refractivity contribution < 1.29 is 9.59 Å². The second-order valence-corrected chi connectivity index (χ2v) is 7.05. The van der Waals surface area contributed by atoms with Crippen molar-refractivity contribution in [3.05, 3.63) is 35.9 Å². The van der Waals surface area contributed by atoms with Gasteiger partial charge in [0.05, 0.1) is 12.6 Å². The SMILES string of the molecule is CC(C)[C@H](N)C(=O)NCC(=O)N1CCC(Cc2ccccc2)C1C. The normalized spacial score (nSPS) is 21.8. The molecule has 1 aliphatic heterocycles. The molecule has 0 radical (unpaired) electrons. The van der Waals surface area contributed by atoms with Crippen LogP contribution in [0.2, 0.25) is 0 Å². The van der Waals surface area contributed by atoms with E-state index in [1.54, 1.807) is 0 Å². The minimum absolute atomic E-state index is 0.0256. The van der Waals surface area contributed by atoms with Gasteiger partial charge >= 0.3 is 0 Å². The van der Waals surface area contributed by atoms with Crippen LogP contribution in [0.25, 0.3) is 0 Å². The van der Waals surface area contributed by atoms with Crippen molar-refractivity contribution in [1.82, 2.24) is 10.2 Å². The van der Waals surface area contributed by atoms with Gasteiger partial charge in [0, 0.05) is 12.6 Å². The molecule has 3 atom stereocenters. The molecule has 5 nitrogen and oxygen atoms in total. The Kier molecular flexibility index (Phi) is 6.37. The third-order valence-corrected chi connectivity index (χ3v) is 5.01. The van der Waals surface area contributed by atoms with Gasteiger partial charge in [0.25, 0.3) is 0 Å². The Morgan fingerprint density at radius 3 is 2.58 bits per heavy atom. The summed E-state index contributed by atoms with van der Waals surface area (Å²) < 4.78 is 0. The number of hydrogen-bond acceptors (Lipinski definition) is 3. The zero-order valence-corrected chi connectivity index (χ0v) is 14.9. The van der Waals surface area contributed by atoms with Gasteiger partial charge in [0.15, 0.2) is 0 Å². The van der Waals surface area contributed by atoms with E-state index < -0.39 is 6.04 Å². The van der Waals surface area contributed by atoms with Gasteiger partial charge in [-0.2, -0.15) is 0 Å². The Morgan fingerprint density at radius 2 is 1.96 bits per heavy atom. The Labute approximate surface area is 144 Å². The fraction of sp³-hybridized carbons (Fsp3) is 0.579. The third-order valence-electron chi connectivity index (χ3n) is 5.01. The van der Waals surface area contributed by atoms with Gasteiger partial charge in [-0.15, -0.1) is 0 Å². The van der Waals surface area contributed by atoms with E-state index in [0.717, 1.165) is 19.4 Å². The first-order valence-corrected chi connectivity index (χ1v) is 8.76. The first kappa shape index (κ1) is 18.5. The molecule has 1 aliphatic rings. The van der Waals surface area contributed by atoms with Crippen LogP contribution in [0.5, 0.6) is 0 Å². The van der Waals surface area contributed by atoms with Gasteiger partial charge in [-0.25, -0.2) is 0 Å². The van der Waals surface area contributed by atoms with E-state index in [2.05, 4.69) is 24.4 Å². The van der Waals surface area contributed by atoms with E-state index in [0.29, 0.717) is 5.92 Å². The Balaban J connectivity index is 1.84. The van der Waals surface area contributed by atoms with E-state index in [1.807, 2.05) is 36.9 Å². The molecule has 3 N–H and O–H groups in total. The maximum absolute atomic E-state index is 12.4. The smallest absolute Gasteiger partial charge is 0.242 e. The summed E-state index contributed by atoms with van der Waals surface area (Å²) in [7, 11) is 0. The van der Waals surface area contributed by atoms with Crippen molar-refractivity contribution in [3.8, 4) is 0 Å². The van der Waals surface area contributed by atoms with Gasteiger partial charge in [-0.3, -0.25) is 9.59 Å². The van der Waals surface area contributed by atoms with Crippen molar-refractivity contribution in [2.45, 2.75) is 45.7 Å². The molecule has 24 heavy (non-hydrogen) atoms. The minimum atomic E-state index is -0.570. The number of amides is 2. The number of hydrogen-bond donors (Lipinski definition) is 2. The molecule has 1 fully saturated rings. The molecule has 1 saturated heterocycles. The van der Waals surface area contributed by atoms with Crippen LogP contribution >= 0.6 is 0 Å². The number of rotatable bonds is 6. The summed E-state index contributed by atoms with van der Waals surface area (Å²) in [6.45, 7) is 6.66. The maximum atomic E-state index is 12.4. The highest BCUT2D eigenvalue weighted by atomic mass is 16.2. The van der Waals surface area contributed by atoms with Gasteiger partial charge < -0.3 is 16.0 Å². The second kappa shape index (κ2) is 8.29. The lowest BCUT2D eigenvalue weighted by molar-refractivity contribution is -0.134. The summed E-state index contributed by atoms with van der Waals surface area (Å²) in [5, 5.41) is 2.67. The molecular weight excluding hydrogens is 302 g/mol. The third kappa shape index (κ3) is 4.57. The molecule has 0 aromatic heterocycles. The fourth-order valence-electron chi connectivity index (χ4n) is 3.23.